The van der Waals surface area contributed by atoms with Crippen LogP contribution < -0.4 is 15.0 Å². The number of fused-ring (bicyclic) bond motifs is 1. The van der Waals surface area contributed by atoms with Gasteiger partial charge in [-0.2, -0.15) is 0 Å². The largest absolute Gasteiger partial charge is 0.493 e. The number of methoxy groups -OCH3 is 2. The lowest BCUT2D eigenvalue weighted by Gasteiger charge is -2.15. The summed E-state index contributed by atoms with van der Waals surface area (Å²) in [5.41, 5.74) is 4.01. The fourth-order valence-corrected chi connectivity index (χ4v) is 4.93. The maximum Gasteiger partial charge on any atom is 0.266 e. The number of oxazole rings is 1. The summed E-state index contributed by atoms with van der Waals surface area (Å²) in [6.07, 6.45) is 0. The minimum absolute atomic E-state index is 0.160. The molecule has 0 aliphatic rings. The summed E-state index contributed by atoms with van der Waals surface area (Å²) in [7, 11) is 3.14. The van der Waals surface area contributed by atoms with Gasteiger partial charge < -0.3 is 13.9 Å². The highest BCUT2D eigenvalue weighted by Gasteiger charge is 2.18. The molecule has 2 aromatic heterocycles. The fourth-order valence-electron chi connectivity index (χ4n) is 3.92. The summed E-state index contributed by atoms with van der Waals surface area (Å²) in [4.78, 5) is 23.2. The molecule has 0 spiro atoms. The molecule has 0 radical (unpaired) electrons. The van der Waals surface area contributed by atoms with Crippen molar-refractivity contribution in [2.45, 2.75) is 24.8 Å². The van der Waals surface area contributed by atoms with Crippen LogP contribution in [0.1, 0.15) is 17.0 Å². The highest BCUT2D eigenvalue weighted by molar-refractivity contribution is 7.98. The Morgan fingerprint density at radius 3 is 2.42 bits per heavy atom. The summed E-state index contributed by atoms with van der Waals surface area (Å²) < 4.78 is 18.4. The zero-order valence-corrected chi connectivity index (χ0v) is 21.3. The zero-order valence-electron chi connectivity index (χ0n) is 20.4. The number of benzene rings is 3. The van der Waals surface area contributed by atoms with E-state index in [1.807, 2.05) is 62.4 Å². The summed E-state index contributed by atoms with van der Waals surface area (Å²) >= 11 is 1.43. The van der Waals surface area contributed by atoms with Gasteiger partial charge in [0.05, 0.1) is 36.5 Å². The van der Waals surface area contributed by atoms with Crippen LogP contribution in [0.2, 0.25) is 0 Å². The van der Waals surface area contributed by atoms with Crippen molar-refractivity contribution in [2.24, 2.45) is 0 Å². The van der Waals surface area contributed by atoms with Gasteiger partial charge >= 0.3 is 0 Å². The number of ether oxygens (including phenoxy) is 2. The molecule has 0 aliphatic carbocycles. The Morgan fingerprint density at radius 1 is 0.917 bits per heavy atom. The van der Waals surface area contributed by atoms with Crippen LogP contribution in [0.15, 0.2) is 81.1 Å². The first-order valence-electron chi connectivity index (χ1n) is 11.4. The van der Waals surface area contributed by atoms with Gasteiger partial charge in [0.25, 0.3) is 5.56 Å². The molecule has 0 amide bonds. The quantitative estimate of drug-likeness (QED) is 0.202. The third-order valence-electron chi connectivity index (χ3n) is 5.90. The Bertz CT molecular complexity index is 1610. The van der Waals surface area contributed by atoms with Crippen molar-refractivity contribution >= 4 is 22.7 Å². The smallest absolute Gasteiger partial charge is 0.266 e. The molecule has 0 fully saturated rings. The third-order valence-corrected chi connectivity index (χ3v) is 6.85. The van der Waals surface area contributed by atoms with Crippen LogP contribution in [-0.2, 0) is 5.75 Å². The number of hydrogen-bond acceptors (Lipinski definition) is 7. The first-order valence-corrected chi connectivity index (χ1v) is 12.4. The van der Waals surface area contributed by atoms with Crippen LogP contribution in [0.4, 0.5) is 0 Å². The zero-order chi connectivity index (χ0) is 25.2. The molecule has 0 N–H and O–H groups in total. The van der Waals surface area contributed by atoms with Crippen molar-refractivity contribution in [1.82, 2.24) is 14.5 Å². The third kappa shape index (κ3) is 4.47. The van der Waals surface area contributed by atoms with Crippen LogP contribution in [0, 0.1) is 13.8 Å². The fraction of sp³-hybridized carbons (Fsp3) is 0.179. The van der Waals surface area contributed by atoms with Crippen LogP contribution in [0.25, 0.3) is 28.0 Å². The molecule has 0 atom stereocenters. The van der Waals surface area contributed by atoms with E-state index >= 15 is 0 Å². The van der Waals surface area contributed by atoms with Gasteiger partial charge in [-0.1, -0.05) is 41.6 Å². The topological polar surface area (TPSA) is 79.4 Å². The van der Waals surface area contributed by atoms with Crippen molar-refractivity contribution in [2.75, 3.05) is 14.2 Å². The number of aryl methyl sites for hydroxylation is 2. The van der Waals surface area contributed by atoms with Crippen molar-refractivity contribution in [3.63, 3.8) is 0 Å². The highest BCUT2D eigenvalue weighted by Crippen LogP contribution is 2.32. The molecule has 5 rings (SSSR count). The summed E-state index contributed by atoms with van der Waals surface area (Å²) in [6.45, 7) is 3.94. The molecule has 0 aliphatic heterocycles. The number of aromatic nitrogens is 3. The molecule has 0 saturated carbocycles. The molecular weight excluding hydrogens is 474 g/mol. The second-order valence-electron chi connectivity index (χ2n) is 8.27. The van der Waals surface area contributed by atoms with E-state index < -0.39 is 0 Å². The van der Waals surface area contributed by atoms with E-state index in [1.165, 1.54) is 17.3 Å². The van der Waals surface area contributed by atoms with Gasteiger partial charge in [-0.3, -0.25) is 9.36 Å². The monoisotopic (exact) mass is 499 g/mol. The van der Waals surface area contributed by atoms with Crippen LogP contribution in [-0.4, -0.2) is 28.8 Å². The average Bonchev–Trinajstić information content (AvgIpc) is 3.27. The first-order chi connectivity index (χ1) is 17.5. The van der Waals surface area contributed by atoms with Crippen LogP contribution in [0.3, 0.4) is 0 Å². The molecule has 0 saturated heterocycles. The second-order valence-corrected chi connectivity index (χ2v) is 9.21. The van der Waals surface area contributed by atoms with Gasteiger partial charge in [-0.05, 0) is 50.2 Å². The number of para-hydroxylation sites is 1. The van der Waals surface area contributed by atoms with E-state index in [0.717, 1.165) is 17.0 Å². The second kappa shape index (κ2) is 9.91. The van der Waals surface area contributed by atoms with Gasteiger partial charge in [0.15, 0.2) is 16.7 Å². The lowest BCUT2D eigenvalue weighted by atomic mass is 10.1. The summed E-state index contributed by atoms with van der Waals surface area (Å²) in [5, 5.41) is 1.08. The van der Waals surface area contributed by atoms with Crippen LogP contribution in [0.5, 0.6) is 11.5 Å². The molecule has 2 heterocycles. The number of thioether (sulfide) groups is 1. The minimum Gasteiger partial charge on any atom is -0.493 e. The number of rotatable bonds is 7. The Hall–Kier alpha value is -4.04. The van der Waals surface area contributed by atoms with E-state index in [-0.39, 0.29) is 5.56 Å². The van der Waals surface area contributed by atoms with Crippen molar-refractivity contribution < 1.29 is 13.9 Å². The molecule has 5 aromatic rings. The maximum absolute atomic E-state index is 13.6. The molecular formula is C28H25N3O4S. The minimum atomic E-state index is -0.160. The molecule has 7 nitrogen and oxygen atoms in total. The number of hydrogen-bond donors (Lipinski definition) is 0. The first kappa shape index (κ1) is 23.7. The molecule has 0 unspecified atom stereocenters. The maximum atomic E-state index is 13.6. The molecule has 36 heavy (non-hydrogen) atoms. The Labute approximate surface area is 212 Å². The molecule has 8 heteroatoms. The summed E-state index contributed by atoms with van der Waals surface area (Å²) in [5.74, 6) is 2.91. The Kier molecular flexibility index (Phi) is 6.52. The van der Waals surface area contributed by atoms with E-state index in [0.29, 0.717) is 44.9 Å². The van der Waals surface area contributed by atoms with E-state index in [4.69, 9.17) is 23.9 Å². The standard InChI is InChI=1S/C28H25N3O4S/c1-17-9-11-19(12-10-17)26-29-23(18(2)35-26)16-36-28-30-22-8-6-5-7-21(22)27(32)31(28)20-13-14-24(33-3)25(15-20)34-4/h5-15H,16H2,1-4H3. The van der Waals surface area contributed by atoms with E-state index in [9.17, 15) is 4.79 Å². The molecule has 3 aromatic carbocycles. The van der Waals surface area contributed by atoms with Gasteiger partial charge in [0.1, 0.15) is 5.76 Å². The van der Waals surface area contributed by atoms with Gasteiger partial charge in [0, 0.05) is 17.4 Å². The normalized spacial score (nSPS) is 11.1. The van der Waals surface area contributed by atoms with Crippen LogP contribution >= 0.6 is 11.8 Å². The van der Waals surface area contributed by atoms with Gasteiger partial charge in [-0.15, -0.1) is 0 Å². The summed E-state index contributed by atoms with van der Waals surface area (Å²) in [6, 6.07) is 20.8. The van der Waals surface area contributed by atoms with Crippen molar-refractivity contribution in [3.05, 3.63) is 94.1 Å². The van der Waals surface area contributed by atoms with Crippen molar-refractivity contribution in [1.29, 1.82) is 0 Å². The van der Waals surface area contributed by atoms with Gasteiger partial charge in [0.2, 0.25) is 5.89 Å². The predicted molar refractivity (Wildman–Crippen MR) is 141 cm³/mol. The molecule has 182 valence electrons. The lowest BCUT2D eigenvalue weighted by molar-refractivity contribution is 0.354. The number of nitrogens with zero attached hydrogens (tertiary/aromatic N) is 3. The Morgan fingerprint density at radius 2 is 1.67 bits per heavy atom. The highest BCUT2D eigenvalue weighted by atomic mass is 32.2. The van der Waals surface area contributed by atoms with E-state index in [2.05, 4.69) is 0 Å². The molecule has 0 bridgehead atoms. The van der Waals surface area contributed by atoms with E-state index in [1.54, 1.807) is 37.0 Å². The van der Waals surface area contributed by atoms with Gasteiger partial charge in [-0.25, -0.2) is 9.97 Å². The lowest BCUT2D eigenvalue weighted by Crippen LogP contribution is -2.21. The predicted octanol–water partition coefficient (Wildman–Crippen LogP) is 5.97. The Balaban J connectivity index is 1.55. The average molecular weight is 500 g/mol. The van der Waals surface area contributed by atoms with Crippen molar-refractivity contribution in [3.8, 4) is 28.6 Å². The SMILES string of the molecule is COc1ccc(-n2c(SCc3nc(-c4ccc(C)cc4)oc3C)nc3ccccc3c2=O)cc1OC.